The molecule has 0 aliphatic heterocycles. The minimum absolute atomic E-state index is 1.13. The second kappa shape index (κ2) is 5.36. The normalized spacial score (nSPS) is 30.2. The summed E-state index contributed by atoms with van der Waals surface area (Å²) >= 11 is 3.52. The molecule has 0 fully saturated rings. The first kappa shape index (κ1) is 9.79. The Labute approximate surface area is 83.2 Å². The highest BCUT2D eigenvalue weighted by Gasteiger charge is 1.94. The molecule has 0 saturated heterocycles. The van der Waals surface area contributed by atoms with Gasteiger partial charge in [0, 0.05) is 4.48 Å². The van der Waals surface area contributed by atoms with Crippen LogP contribution in [0.2, 0.25) is 0 Å². The smallest absolute Gasteiger partial charge is 0.0174 e. The molecule has 1 aliphatic carbocycles. The predicted molar refractivity (Wildman–Crippen MR) is 58.4 cm³/mol. The van der Waals surface area contributed by atoms with Gasteiger partial charge in [0.05, 0.1) is 0 Å². The fourth-order valence-corrected chi connectivity index (χ4v) is 1.73. The van der Waals surface area contributed by atoms with Crippen molar-refractivity contribution in [3.8, 4) is 0 Å². The van der Waals surface area contributed by atoms with E-state index in [2.05, 4.69) is 47.2 Å². The van der Waals surface area contributed by atoms with Crippen LogP contribution in [-0.2, 0) is 0 Å². The highest BCUT2D eigenvalue weighted by Crippen LogP contribution is 2.17. The van der Waals surface area contributed by atoms with Gasteiger partial charge in [-0.05, 0) is 31.8 Å². The van der Waals surface area contributed by atoms with Crippen molar-refractivity contribution >= 4 is 15.9 Å². The summed E-state index contributed by atoms with van der Waals surface area (Å²) in [6, 6.07) is 0. The minimum Gasteiger partial charge on any atom is -0.0834 e. The molecular weight excluding hydrogens is 212 g/mol. The molecule has 0 heterocycles. The van der Waals surface area contributed by atoms with Crippen molar-refractivity contribution in [1.82, 2.24) is 0 Å². The minimum atomic E-state index is 1.13. The molecule has 0 unspecified atom stereocenters. The first-order valence-corrected chi connectivity index (χ1v) is 5.35. The van der Waals surface area contributed by atoms with Crippen LogP contribution < -0.4 is 0 Å². The number of allylic oxidation sites excluding steroid dienone is 6. The third kappa shape index (κ3) is 3.40. The van der Waals surface area contributed by atoms with E-state index >= 15 is 0 Å². The number of rotatable bonds is 1. The van der Waals surface area contributed by atoms with Gasteiger partial charge in [0.15, 0.2) is 0 Å². The van der Waals surface area contributed by atoms with Crippen molar-refractivity contribution < 1.29 is 0 Å². The van der Waals surface area contributed by atoms with E-state index in [1.54, 1.807) is 0 Å². The quantitative estimate of drug-likeness (QED) is 0.625. The molecule has 0 amide bonds. The molecule has 0 atom stereocenters. The van der Waals surface area contributed by atoms with E-state index in [4.69, 9.17) is 0 Å². The molecule has 0 nitrogen and oxygen atoms in total. The summed E-state index contributed by atoms with van der Waals surface area (Å²) in [4.78, 5) is 0. The summed E-state index contributed by atoms with van der Waals surface area (Å²) in [5.74, 6) is 0. The maximum Gasteiger partial charge on any atom is 0.0174 e. The second-order valence-corrected chi connectivity index (χ2v) is 3.91. The topological polar surface area (TPSA) is 0 Å². The number of hydrogen-bond acceptors (Lipinski definition) is 0. The first-order valence-electron chi connectivity index (χ1n) is 4.55. The molecule has 0 N–H and O–H groups in total. The fourth-order valence-electron chi connectivity index (χ4n) is 1.25. The van der Waals surface area contributed by atoms with Crippen molar-refractivity contribution in [2.24, 2.45) is 0 Å². The average molecular weight is 227 g/mol. The Hall–Kier alpha value is -0.300. The van der Waals surface area contributed by atoms with Gasteiger partial charge in [0.1, 0.15) is 0 Å². The first-order chi connectivity index (χ1) is 5.83. The molecule has 1 rings (SSSR count). The lowest BCUT2D eigenvalue weighted by Crippen LogP contribution is -1.75. The molecule has 0 bridgehead atoms. The highest BCUT2D eigenvalue weighted by atomic mass is 79.9. The molecule has 0 spiro atoms. The van der Waals surface area contributed by atoms with E-state index in [-0.39, 0.29) is 0 Å². The van der Waals surface area contributed by atoms with Crippen LogP contribution in [0.25, 0.3) is 0 Å². The van der Waals surface area contributed by atoms with Gasteiger partial charge in [0.2, 0.25) is 0 Å². The van der Waals surface area contributed by atoms with E-state index in [1.165, 1.54) is 29.3 Å². The summed E-state index contributed by atoms with van der Waals surface area (Å²) in [6.07, 6.45) is 13.7. The Morgan fingerprint density at radius 2 is 2.25 bits per heavy atom. The van der Waals surface area contributed by atoms with Crippen LogP contribution in [-0.4, -0.2) is 0 Å². The zero-order valence-corrected chi connectivity index (χ0v) is 9.10. The maximum absolute atomic E-state index is 3.52. The lowest BCUT2D eigenvalue weighted by atomic mass is 10.1. The third-order valence-corrected chi connectivity index (χ3v) is 2.48. The molecule has 0 aromatic carbocycles. The summed E-state index contributed by atoms with van der Waals surface area (Å²) in [6.45, 7) is 2.20. The average Bonchev–Trinajstić information content (AvgIpc) is 2.16. The van der Waals surface area contributed by atoms with E-state index in [9.17, 15) is 0 Å². The largest absolute Gasteiger partial charge is 0.0834 e. The Morgan fingerprint density at radius 1 is 1.42 bits per heavy atom. The summed E-state index contributed by atoms with van der Waals surface area (Å²) in [7, 11) is 0. The van der Waals surface area contributed by atoms with Crippen molar-refractivity contribution in [1.29, 1.82) is 0 Å². The third-order valence-electron chi connectivity index (χ3n) is 1.99. The summed E-state index contributed by atoms with van der Waals surface area (Å²) in [5.41, 5.74) is 1.44. The molecule has 0 aromatic rings. The zero-order valence-electron chi connectivity index (χ0n) is 7.52. The van der Waals surface area contributed by atoms with Crippen LogP contribution in [0.5, 0.6) is 0 Å². The number of hydrogen-bond donors (Lipinski definition) is 0. The van der Waals surface area contributed by atoms with Crippen LogP contribution in [0.3, 0.4) is 0 Å². The van der Waals surface area contributed by atoms with Gasteiger partial charge in [-0.3, -0.25) is 0 Å². The van der Waals surface area contributed by atoms with Crippen molar-refractivity contribution in [3.05, 3.63) is 34.4 Å². The van der Waals surface area contributed by atoms with Gasteiger partial charge in [-0.25, -0.2) is 0 Å². The van der Waals surface area contributed by atoms with Gasteiger partial charge < -0.3 is 0 Å². The molecule has 66 valence electrons. The Morgan fingerprint density at radius 3 is 3.00 bits per heavy atom. The van der Waals surface area contributed by atoms with E-state index in [0.717, 1.165) is 6.42 Å². The van der Waals surface area contributed by atoms with Gasteiger partial charge in [-0.1, -0.05) is 46.7 Å². The van der Waals surface area contributed by atoms with Gasteiger partial charge in [0.25, 0.3) is 0 Å². The van der Waals surface area contributed by atoms with Gasteiger partial charge in [-0.15, -0.1) is 0 Å². The molecule has 0 saturated carbocycles. The Balaban J connectivity index is 2.76. The lowest BCUT2D eigenvalue weighted by Gasteiger charge is -1.96. The van der Waals surface area contributed by atoms with Gasteiger partial charge in [-0.2, -0.15) is 0 Å². The van der Waals surface area contributed by atoms with E-state index < -0.39 is 0 Å². The molecule has 0 radical (unpaired) electrons. The van der Waals surface area contributed by atoms with Crippen LogP contribution >= 0.6 is 15.9 Å². The Bertz CT molecular complexity index is 221. The maximum atomic E-state index is 3.52. The van der Waals surface area contributed by atoms with Crippen molar-refractivity contribution in [2.75, 3.05) is 0 Å². The predicted octanol–water partition coefficient (Wildman–Crippen LogP) is 4.34. The van der Waals surface area contributed by atoms with Gasteiger partial charge >= 0.3 is 0 Å². The standard InChI is InChI=1S/C11H15Br/c1-2-10-7-5-3-4-6-8-11(12)9-10/h6-9H,2-5H2,1H3/b8-6+,10-7-,11-9+. The Kier molecular flexibility index (Phi) is 4.37. The molecular formula is C11H15Br. The second-order valence-electron chi connectivity index (χ2n) is 3.00. The highest BCUT2D eigenvalue weighted by molar-refractivity contribution is 9.11. The van der Waals surface area contributed by atoms with Crippen LogP contribution in [0, 0.1) is 0 Å². The monoisotopic (exact) mass is 226 g/mol. The van der Waals surface area contributed by atoms with Crippen molar-refractivity contribution in [3.63, 3.8) is 0 Å². The zero-order chi connectivity index (χ0) is 8.81. The lowest BCUT2D eigenvalue weighted by molar-refractivity contribution is 0.862. The van der Waals surface area contributed by atoms with E-state index in [0.29, 0.717) is 0 Å². The van der Waals surface area contributed by atoms with Crippen LogP contribution in [0.4, 0.5) is 0 Å². The molecule has 1 aliphatic rings. The molecule has 1 heteroatoms. The molecule has 12 heavy (non-hydrogen) atoms. The van der Waals surface area contributed by atoms with Crippen LogP contribution in [0.15, 0.2) is 34.4 Å². The fraction of sp³-hybridized carbons (Fsp3) is 0.455. The van der Waals surface area contributed by atoms with E-state index in [1.807, 2.05) is 0 Å². The summed E-state index contributed by atoms with van der Waals surface area (Å²) < 4.78 is 1.19. The summed E-state index contributed by atoms with van der Waals surface area (Å²) in [5, 5.41) is 0. The SMILES string of the molecule is CCC1=C/CCC/C=C/C(Br)=C\1. The molecule has 0 aromatic heterocycles. The number of halogens is 1. The van der Waals surface area contributed by atoms with Crippen molar-refractivity contribution in [2.45, 2.75) is 32.6 Å². The van der Waals surface area contributed by atoms with Crippen LogP contribution in [0.1, 0.15) is 32.6 Å².